The fourth-order valence-corrected chi connectivity index (χ4v) is 2.61. The number of nitrogens with one attached hydrogen (secondary N) is 1. The van der Waals surface area contributed by atoms with E-state index in [2.05, 4.69) is 22.2 Å². The Labute approximate surface area is 102 Å². The van der Waals surface area contributed by atoms with Crippen molar-refractivity contribution in [3.8, 4) is 0 Å². The molecule has 0 saturated heterocycles. The van der Waals surface area contributed by atoms with E-state index in [1.165, 1.54) is 38.1 Å². The molecule has 1 heterocycles. The van der Waals surface area contributed by atoms with Gasteiger partial charge in [0.05, 0.1) is 12.4 Å². The molecule has 0 radical (unpaired) electrons. The summed E-state index contributed by atoms with van der Waals surface area (Å²) in [6.07, 6.45) is 8.97. The van der Waals surface area contributed by atoms with E-state index in [0.717, 1.165) is 24.8 Å². The fraction of sp³-hybridized carbons (Fsp3) is 0.692. The molecule has 1 aliphatic carbocycles. The number of anilines is 1. The Morgan fingerprint density at radius 3 is 2.82 bits per heavy atom. The van der Waals surface area contributed by atoms with E-state index in [9.17, 15) is 4.39 Å². The summed E-state index contributed by atoms with van der Waals surface area (Å²) in [6, 6.07) is 0. The van der Waals surface area contributed by atoms with Crippen LogP contribution in [0.1, 0.15) is 39.0 Å². The Balaban J connectivity index is 1.70. The maximum absolute atomic E-state index is 12.6. The third kappa shape index (κ3) is 3.95. The molecule has 0 aromatic carbocycles. The van der Waals surface area contributed by atoms with Crippen molar-refractivity contribution in [2.75, 3.05) is 11.9 Å². The van der Waals surface area contributed by atoms with Crippen LogP contribution in [-0.4, -0.2) is 16.5 Å². The molecule has 3 nitrogen and oxygen atoms in total. The highest BCUT2D eigenvalue weighted by atomic mass is 19.1. The van der Waals surface area contributed by atoms with E-state index < -0.39 is 5.82 Å². The lowest BCUT2D eigenvalue weighted by atomic mass is 9.81. The van der Waals surface area contributed by atoms with Crippen LogP contribution in [0.4, 0.5) is 10.3 Å². The van der Waals surface area contributed by atoms with E-state index in [0.29, 0.717) is 5.95 Å². The first-order valence-corrected chi connectivity index (χ1v) is 6.45. The molecule has 4 heteroatoms. The highest BCUT2D eigenvalue weighted by Crippen LogP contribution is 2.30. The van der Waals surface area contributed by atoms with Crippen molar-refractivity contribution in [3.63, 3.8) is 0 Å². The minimum atomic E-state index is -0.392. The van der Waals surface area contributed by atoms with Crippen molar-refractivity contribution >= 4 is 5.95 Å². The van der Waals surface area contributed by atoms with Crippen LogP contribution in [-0.2, 0) is 0 Å². The van der Waals surface area contributed by atoms with Gasteiger partial charge in [-0.25, -0.2) is 14.4 Å². The van der Waals surface area contributed by atoms with E-state index in [-0.39, 0.29) is 0 Å². The SMILES string of the molecule is CC1CCCC(CCNc2ncc(F)cn2)C1. The molecule has 0 bridgehead atoms. The largest absolute Gasteiger partial charge is 0.354 e. The van der Waals surface area contributed by atoms with Crippen molar-refractivity contribution in [1.82, 2.24) is 9.97 Å². The fourth-order valence-electron chi connectivity index (χ4n) is 2.61. The molecular weight excluding hydrogens is 217 g/mol. The second-order valence-electron chi connectivity index (χ2n) is 5.08. The Kier molecular flexibility index (Phi) is 4.29. The molecule has 17 heavy (non-hydrogen) atoms. The van der Waals surface area contributed by atoms with Crippen molar-refractivity contribution < 1.29 is 4.39 Å². The van der Waals surface area contributed by atoms with Gasteiger partial charge in [0.15, 0.2) is 5.82 Å². The molecule has 2 unspecified atom stereocenters. The quantitative estimate of drug-likeness (QED) is 0.873. The van der Waals surface area contributed by atoms with Gasteiger partial charge in [-0.2, -0.15) is 0 Å². The first kappa shape index (κ1) is 12.3. The summed E-state index contributed by atoms with van der Waals surface area (Å²) in [5.41, 5.74) is 0. The lowest BCUT2D eigenvalue weighted by Gasteiger charge is -2.26. The van der Waals surface area contributed by atoms with E-state index >= 15 is 0 Å². The number of nitrogens with zero attached hydrogens (tertiary/aromatic N) is 2. The van der Waals surface area contributed by atoms with Crippen LogP contribution < -0.4 is 5.32 Å². The molecule has 2 atom stereocenters. The molecule has 0 aliphatic heterocycles. The normalized spacial score (nSPS) is 24.6. The average Bonchev–Trinajstić information content (AvgIpc) is 2.32. The van der Waals surface area contributed by atoms with Gasteiger partial charge in [-0.3, -0.25) is 0 Å². The first-order chi connectivity index (χ1) is 8.24. The molecular formula is C13H20FN3. The van der Waals surface area contributed by atoms with Gasteiger partial charge in [0.25, 0.3) is 0 Å². The summed E-state index contributed by atoms with van der Waals surface area (Å²) in [7, 11) is 0. The zero-order valence-electron chi connectivity index (χ0n) is 10.3. The molecule has 1 N–H and O–H groups in total. The third-order valence-electron chi connectivity index (χ3n) is 3.50. The maximum Gasteiger partial charge on any atom is 0.222 e. The van der Waals surface area contributed by atoms with Crippen LogP contribution >= 0.6 is 0 Å². The van der Waals surface area contributed by atoms with Gasteiger partial charge in [0.1, 0.15) is 0 Å². The lowest BCUT2D eigenvalue weighted by molar-refractivity contribution is 0.274. The van der Waals surface area contributed by atoms with Gasteiger partial charge >= 0.3 is 0 Å². The molecule has 0 amide bonds. The van der Waals surface area contributed by atoms with Gasteiger partial charge in [0.2, 0.25) is 5.95 Å². The van der Waals surface area contributed by atoms with E-state index in [1.54, 1.807) is 0 Å². The van der Waals surface area contributed by atoms with Gasteiger partial charge in [-0.15, -0.1) is 0 Å². The molecule has 1 aromatic heterocycles. The van der Waals surface area contributed by atoms with Gasteiger partial charge in [0, 0.05) is 6.54 Å². The van der Waals surface area contributed by atoms with Crippen molar-refractivity contribution in [3.05, 3.63) is 18.2 Å². The molecule has 2 rings (SSSR count). The van der Waals surface area contributed by atoms with Crippen LogP contribution in [0.2, 0.25) is 0 Å². The van der Waals surface area contributed by atoms with Gasteiger partial charge < -0.3 is 5.32 Å². The van der Waals surface area contributed by atoms with E-state index in [4.69, 9.17) is 0 Å². The average molecular weight is 237 g/mol. The topological polar surface area (TPSA) is 37.8 Å². The smallest absolute Gasteiger partial charge is 0.222 e. The highest BCUT2D eigenvalue weighted by Gasteiger charge is 2.18. The summed E-state index contributed by atoms with van der Waals surface area (Å²) >= 11 is 0. The Hall–Kier alpha value is -1.19. The summed E-state index contributed by atoms with van der Waals surface area (Å²) in [6.45, 7) is 3.21. The van der Waals surface area contributed by atoms with Crippen LogP contribution in [0.25, 0.3) is 0 Å². The monoisotopic (exact) mass is 237 g/mol. The molecule has 1 aliphatic rings. The van der Waals surface area contributed by atoms with Crippen LogP contribution in [0.5, 0.6) is 0 Å². The molecule has 1 fully saturated rings. The molecule has 1 aromatic rings. The summed E-state index contributed by atoms with van der Waals surface area (Å²) in [5, 5.41) is 3.15. The Bertz CT molecular complexity index is 339. The van der Waals surface area contributed by atoms with Crippen molar-refractivity contribution in [2.24, 2.45) is 11.8 Å². The van der Waals surface area contributed by atoms with Crippen molar-refractivity contribution in [2.45, 2.75) is 39.0 Å². The maximum atomic E-state index is 12.6. The molecule has 0 spiro atoms. The third-order valence-corrected chi connectivity index (χ3v) is 3.50. The summed E-state index contributed by atoms with van der Waals surface area (Å²) < 4.78 is 12.6. The first-order valence-electron chi connectivity index (χ1n) is 6.45. The zero-order valence-corrected chi connectivity index (χ0v) is 10.3. The lowest BCUT2D eigenvalue weighted by Crippen LogP contribution is -2.17. The number of halogens is 1. The zero-order chi connectivity index (χ0) is 12.1. The Morgan fingerprint density at radius 1 is 1.35 bits per heavy atom. The molecule has 1 saturated carbocycles. The summed E-state index contributed by atoms with van der Waals surface area (Å²) in [5.74, 6) is 1.83. The second kappa shape index (κ2) is 5.94. The van der Waals surface area contributed by atoms with Crippen LogP contribution in [0, 0.1) is 17.7 Å². The van der Waals surface area contributed by atoms with Crippen LogP contribution in [0.15, 0.2) is 12.4 Å². The van der Waals surface area contributed by atoms with E-state index in [1.807, 2.05) is 0 Å². The predicted octanol–water partition coefficient (Wildman–Crippen LogP) is 3.24. The summed E-state index contributed by atoms with van der Waals surface area (Å²) in [4.78, 5) is 7.76. The number of aromatic nitrogens is 2. The minimum absolute atomic E-state index is 0.392. The highest BCUT2D eigenvalue weighted by molar-refractivity contribution is 5.21. The van der Waals surface area contributed by atoms with Crippen LogP contribution in [0.3, 0.4) is 0 Å². The number of hydrogen-bond acceptors (Lipinski definition) is 3. The standard InChI is InChI=1S/C13H20FN3/c1-10-3-2-4-11(7-10)5-6-15-13-16-8-12(14)9-17-13/h8-11H,2-7H2,1H3,(H,15,16,17). The second-order valence-corrected chi connectivity index (χ2v) is 5.08. The predicted molar refractivity (Wildman–Crippen MR) is 66.2 cm³/mol. The van der Waals surface area contributed by atoms with Gasteiger partial charge in [-0.1, -0.05) is 26.2 Å². The number of hydrogen-bond donors (Lipinski definition) is 1. The Morgan fingerprint density at radius 2 is 2.12 bits per heavy atom. The van der Waals surface area contributed by atoms with Gasteiger partial charge in [-0.05, 0) is 24.7 Å². The minimum Gasteiger partial charge on any atom is -0.354 e. The molecule has 94 valence electrons. The number of rotatable bonds is 4. The van der Waals surface area contributed by atoms with Crippen molar-refractivity contribution in [1.29, 1.82) is 0 Å².